The Kier molecular flexibility index (Phi) is 4.40. The van der Waals surface area contributed by atoms with Gasteiger partial charge in [0.15, 0.2) is 0 Å². The molecule has 2 unspecified atom stereocenters. The predicted octanol–water partition coefficient (Wildman–Crippen LogP) is 2.22. The molecular formula is C13H17ClN2. The van der Waals surface area contributed by atoms with E-state index in [9.17, 15) is 0 Å². The fourth-order valence-corrected chi connectivity index (χ4v) is 1.96. The Labute approximate surface area is 102 Å². The average molecular weight is 237 g/mol. The summed E-state index contributed by atoms with van der Waals surface area (Å²) in [5, 5.41) is 6.66. The maximum absolute atomic E-state index is 5.92. The first kappa shape index (κ1) is 11.6. The van der Waals surface area contributed by atoms with E-state index in [1.54, 1.807) is 0 Å². The third kappa shape index (κ3) is 3.63. The van der Waals surface area contributed by atoms with Crippen molar-refractivity contribution in [2.45, 2.75) is 18.0 Å². The van der Waals surface area contributed by atoms with Gasteiger partial charge in [-0.15, -0.1) is 11.6 Å². The summed E-state index contributed by atoms with van der Waals surface area (Å²) in [7, 11) is 0. The summed E-state index contributed by atoms with van der Waals surface area (Å²) in [6, 6.07) is 10.9. The number of halogens is 1. The SMILES string of the molecule is ClC1CNC(CC=Cc2ccccc2)CN1. The molecule has 2 rings (SSSR count). The van der Waals surface area contributed by atoms with E-state index in [0.29, 0.717) is 6.04 Å². The largest absolute Gasteiger partial charge is 0.310 e. The Morgan fingerprint density at radius 1 is 1.19 bits per heavy atom. The van der Waals surface area contributed by atoms with Crippen molar-refractivity contribution in [3.8, 4) is 0 Å². The highest BCUT2D eigenvalue weighted by Crippen LogP contribution is 2.05. The smallest absolute Gasteiger partial charge is 0.0952 e. The number of hydrogen-bond acceptors (Lipinski definition) is 2. The molecule has 3 heteroatoms. The normalized spacial score (nSPS) is 26.1. The highest BCUT2D eigenvalue weighted by Gasteiger charge is 2.15. The molecular weight excluding hydrogens is 220 g/mol. The van der Waals surface area contributed by atoms with Gasteiger partial charge in [0, 0.05) is 19.1 Å². The van der Waals surface area contributed by atoms with E-state index in [-0.39, 0.29) is 5.50 Å². The molecule has 0 bridgehead atoms. The molecule has 0 aliphatic carbocycles. The first-order valence-corrected chi connectivity index (χ1v) is 6.10. The zero-order valence-electron chi connectivity index (χ0n) is 9.20. The Balaban J connectivity index is 1.77. The Bertz CT molecular complexity index is 329. The molecule has 1 fully saturated rings. The van der Waals surface area contributed by atoms with E-state index in [1.807, 2.05) is 6.07 Å². The zero-order chi connectivity index (χ0) is 11.2. The van der Waals surface area contributed by atoms with Crippen molar-refractivity contribution in [3.63, 3.8) is 0 Å². The van der Waals surface area contributed by atoms with Crippen LogP contribution in [0.5, 0.6) is 0 Å². The van der Waals surface area contributed by atoms with Crippen LogP contribution in [-0.4, -0.2) is 24.6 Å². The molecule has 2 nitrogen and oxygen atoms in total. The molecule has 1 aliphatic rings. The number of rotatable bonds is 3. The maximum atomic E-state index is 5.92. The quantitative estimate of drug-likeness (QED) is 0.621. The lowest BCUT2D eigenvalue weighted by Crippen LogP contribution is -2.51. The maximum Gasteiger partial charge on any atom is 0.0952 e. The number of benzene rings is 1. The van der Waals surface area contributed by atoms with E-state index >= 15 is 0 Å². The second-order valence-electron chi connectivity index (χ2n) is 4.03. The lowest BCUT2D eigenvalue weighted by atomic mass is 10.1. The minimum Gasteiger partial charge on any atom is -0.310 e. The van der Waals surface area contributed by atoms with Gasteiger partial charge in [0.05, 0.1) is 5.50 Å². The van der Waals surface area contributed by atoms with Gasteiger partial charge in [0.2, 0.25) is 0 Å². The molecule has 0 spiro atoms. The van der Waals surface area contributed by atoms with Crippen molar-refractivity contribution in [1.82, 2.24) is 10.6 Å². The molecule has 2 atom stereocenters. The standard InChI is InChI=1S/C13H17ClN2/c14-13-10-15-12(9-16-13)8-4-7-11-5-2-1-3-6-11/h1-7,12-13,15-16H,8-10H2. The molecule has 86 valence electrons. The van der Waals surface area contributed by atoms with E-state index in [1.165, 1.54) is 5.56 Å². The Hall–Kier alpha value is -0.830. The Morgan fingerprint density at radius 3 is 2.69 bits per heavy atom. The molecule has 0 saturated carbocycles. The molecule has 1 heterocycles. The first-order valence-electron chi connectivity index (χ1n) is 5.67. The van der Waals surface area contributed by atoms with Crippen molar-refractivity contribution < 1.29 is 0 Å². The van der Waals surface area contributed by atoms with Gasteiger partial charge in [-0.25, -0.2) is 0 Å². The topological polar surface area (TPSA) is 24.1 Å². The Morgan fingerprint density at radius 2 is 2.00 bits per heavy atom. The number of alkyl halides is 1. The van der Waals surface area contributed by atoms with Crippen molar-refractivity contribution in [3.05, 3.63) is 42.0 Å². The van der Waals surface area contributed by atoms with Crippen LogP contribution in [0, 0.1) is 0 Å². The summed E-state index contributed by atoms with van der Waals surface area (Å²) >= 11 is 5.92. The van der Waals surface area contributed by atoms with Crippen LogP contribution < -0.4 is 10.6 Å². The van der Waals surface area contributed by atoms with Crippen molar-refractivity contribution >= 4 is 17.7 Å². The van der Waals surface area contributed by atoms with Crippen molar-refractivity contribution in [2.24, 2.45) is 0 Å². The number of nitrogens with one attached hydrogen (secondary N) is 2. The van der Waals surface area contributed by atoms with Gasteiger partial charge < -0.3 is 5.32 Å². The van der Waals surface area contributed by atoms with Crippen molar-refractivity contribution in [2.75, 3.05) is 13.1 Å². The summed E-state index contributed by atoms with van der Waals surface area (Å²) in [6.07, 6.45) is 5.41. The molecule has 1 aromatic rings. The lowest BCUT2D eigenvalue weighted by molar-refractivity contribution is 0.400. The monoisotopic (exact) mass is 236 g/mol. The second kappa shape index (κ2) is 6.04. The summed E-state index contributed by atoms with van der Waals surface area (Å²) in [4.78, 5) is 0. The van der Waals surface area contributed by atoms with Crippen LogP contribution in [0.25, 0.3) is 6.08 Å². The highest BCUT2D eigenvalue weighted by atomic mass is 35.5. The molecule has 1 saturated heterocycles. The minimum absolute atomic E-state index is 0.0781. The van der Waals surface area contributed by atoms with Crippen LogP contribution in [-0.2, 0) is 0 Å². The fraction of sp³-hybridized carbons (Fsp3) is 0.385. The van der Waals surface area contributed by atoms with Gasteiger partial charge >= 0.3 is 0 Å². The molecule has 0 radical (unpaired) electrons. The van der Waals surface area contributed by atoms with Gasteiger partial charge in [-0.3, -0.25) is 5.32 Å². The number of hydrogen-bond donors (Lipinski definition) is 2. The lowest BCUT2D eigenvalue weighted by Gasteiger charge is -2.27. The molecule has 0 amide bonds. The van der Waals surface area contributed by atoms with Crippen LogP contribution >= 0.6 is 11.6 Å². The van der Waals surface area contributed by atoms with Crippen LogP contribution in [0.2, 0.25) is 0 Å². The van der Waals surface area contributed by atoms with Crippen molar-refractivity contribution in [1.29, 1.82) is 0 Å². The molecule has 1 aliphatic heterocycles. The molecule has 0 aromatic heterocycles. The van der Waals surface area contributed by atoms with Crippen LogP contribution in [0.15, 0.2) is 36.4 Å². The molecule has 2 N–H and O–H groups in total. The van der Waals surface area contributed by atoms with Gasteiger partial charge in [-0.1, -0.05) is 42.5 Å². The summed E-state index contributed by atoms with van der Waals surface area (Å²) in [5.74, 6) is 0. The van der Waals surface area contributed by atoms with Gasteiger partial charge in [0.1, 0.15) is 0 Å². The van der Waals surface area contributed by atoms with Crippen LogP contribution in [0.4, 0.5) is 0 Å². The summed E-state index contributed by atoms with van der Waals surface area (Å²) in [6.45, 7) is 1.78. The van der Waals surface area contributed by atoms with Gasteiger partial charge in [0.25, 0.3) is 0 Å². The minimum atomic E-state index is 0.0781. The predicted molar refractivity (Wildman–Crippen MR) is 69.5 cm³/mol. The van der Waals surface area contributed by atoms with Gasteiger partial charge in [-0.05, 0) is 12.0 Å². The highest BCUT2D eigenvalue weighted by molar-refractivity contribution is 6.20. The van der Waals surface area contributed by atoms with E-state index in [4.69, 9.17) is 11.6 Å². The second-order valence-corrected chi connectivity index (χ2v) is 4.56. The zero-order valence-corrected chi connectivity index (χ0v) is 9.95. The third-order valence-electron chi connectivity index (χ3n) is 2.70. The van der Waals surface area contributed by atoms with E-state index in [0.717, 1.165) is 19.5 Å². The first-order chi connectivity index (χ1) is 7.84. The van der Waals surface area contributed by atoms with E-state index in [2.05, 4.69) is 47.1 Å². The van der Waals surface area contributed by atoms with Crippen LogP contribution in [0.1, 0.15) is 12.0 Å². The summed E-state index contributed by atoms with van der Waals surface area (Å²) in [5.41, 5.74) is 1.33. The van der Waals surface area contributed by atoms with Crippen LogP contribution in [0.3, 0.4) is 0 Å². The van der Waals surface area contributed by atoms with Gasteiger partial charge in [-0.2, -0.15) is 0 Å². The summed E-state index contributed by atoms with van der Waals surface area (Å²) < 4.78 is 0. The fourth-order valence-electron chi connectivity index (χ4n) is 1.78. The third-order valence-corrected chi connectivity index (χ3v) is 3.01. The molecule has 1 aromatic carbocycles. The molecule has 16 heavy (non-hydrogen) atoms. The van der Waals surface area contributed by atoms with E-state index < -0.39 is 0 Å². The average Bonchev–Trinajstić information content (AvgIpc) is 2.33. The number of piperazine rings is 1.